The largest absolute Gasteiger partial charge is 0.310 e. The van der Waals surface area contributed by atoms with E-state index in [9.17, 15) is 0 Å². The van der Waals surface area contributed by atoms with Gasteiger partial charge in [-0.2, -0.15) is 0 Å². The van der Waals surface area contributed by atoms with Crippen molar-refractivity contribution < 1.29 is 0 Å². The van der Waals surface area contributed by atoms with Crippen molar-refractivity contribution in [3.63, 3.8) is 0 Å². The molecule has 1 aromatic rings. The molecule has 3 nitrogen and oxygen atoms in total. The van der Waals surface area contributed by atoms with Gasteiger partial charge in [-0.25, -0.2) is 16.5 Å². The maximum absolute atomic E-state index is 6.61. The fourth-order valence-corrected chi connectivity index (χ4v) is 0.839. The smallest absolute Gasteiger partial charge is 0.257 e. The minimum Gasteiger partial charge on any atom is -0.310 e. The molecule has 11 heavy (non-hydrogen) atoms. The summed E-state index contributed by atoms with van der Waals surface area (Å²) in [6.45, 7) is 8.61. The summed E-state index contributed by atoms with van der Waals surface area (Å²) in [6.07, 6.45) is 1.52. The fourth-order valence-electron chi connectivity index (χ4n) is 0.688. The highest BCUT2D eigenvalue weighted by Crippen LogP contribution is 2.12. The molecule has 0 N–H and O–H groups in total. The number of nitrogens with zero attached hydrogens (tertiary/aromatic N) is 3. The average Bonchev–Trinajstić information content (AvgIpc) is 1.98. The van der Waals surface area contributed by atoms with E-state index in [4.69, 9.17) is 18.2 Å². The van der Waals surface area contributed by atoms with Gasteiger partial charge in [-0.05, 0) is 6.92 Å². The third-order valence-electron chi connectivity index (χ3n) is 1.17. The summed E-state index contributed by atoms with van der Waals surface area (Å²) in [5.41, 5.74) is 0.606. The first-order chi connectivity index (χ1) is 5.24. The van der Waals surface area contributed by atoms with E-state index in [0.29, 0.717) is 16.5 Å². The van der Waals surface area contributed by atoms with Gasteiger partial charge in [0, 0.05) is 6.20 Å². The van der Waals surface area contributed by atoms with Crippen LogP contribution in [0.25, 0.3) is 4.85 Å². The topological polar surface area (TPSA) is 30.1 Å². The number of hydrogen-bond acceptors (Lipinski definition) is 2. The Morgan fingerprint density at radius 2 is 2.45 bits per heavy atom. The van der Waals surface area contributed by atoms with Crippen molar-refractivity contribution in [2.75, 3.05) is 0 Å². The predicted octanol–water partition coefficient (Wildman–Crippen LogP) is 1.86. The van der Waals surface area contributed by atoms with Gasteiger partial charge in [-0.3, -0.25) is 0 Å². The maximum Gasteiger partial charge on any atom is 0.257 e. The molecule has 0 radical (unpaired) electrons. The molecule has 0 spiro atoms. The molecule has 0 aliphatic carbocycles. The highest BCUT2D eigenvalue weighted by molar-refractivity contribution is 6.31. The lowest BCUT2D eigenvalue weighted by Gasteiger charge is -1.95. The van der Waals surface area contributed by atoms with Gasteiger partial charge >= 0.3 is 0 Å². The van der Waals surface area contributed by atoms with Gasteiger partial charge in [-0.1, -0.05) is 11.6 Å². The molecule has 56 valence electrons. The molecule has 0 aromatic carbocycles. The molecule has 0 aliphatic heterocycles. The first-order valence-electron chi connectivity index (χ1n) is 3.05. The highest BCUT2D eigenvalue weighted by Gasteiger charge is 2.04. The lowest BCUT2D eigenvalue weighted by molar-refractivity contribution is 0.979. The second kappa shape index (κ2) is 3.31. The Labute approximate surface area is 69.9 Å². The van der Waals surface area contributed by atoms with Crippen LogP contribution in [0.3, 0.4) is 0 Å². The highest BCUT2D eigenvalue weighted by atomic mass is 35.5. The zero-order chi connectivity index (χ0) is 8.27. The quantitative estimate of drug-likeness (QED) is 0.598. The third-order valence-corrected chi connectivity index (χ3v) is 1.48. The van der Waals surface area contributed by atoms with Crippen LogP contribution in [0.4, 0.5) is 0 Å². The van der Waals surface area contributed by atoms with E-state index >= 15 is 0 Å². The zero-order valence-corrected chi connectivity index (χ0v) is 6.76. The van der Waals surface area contributed by atoms with Crippen LogP contribution in [-0.4, -0.2) is 9.97 Å². The van der Waals surface area contributed by atoms with E-state index in [1.165, 1.54) is 6.20 Å². The summed E-state index contributed by atoms with van der Waals surface area (Å²) >= 11 is 5.71. The van der Waals surface area contributed by atoms with E-state index < -0.39 is 0 Å². The number of aromatic nitrogens is 2. The Morgan fingerprint density at radius 3 is 3.09 bits per heavy atom. The van der Waals surface area contributed by atoms with E-state index in [2.05, 4.69) is 14.8 Å². The number of halogens is 1. The zero-order valence-electron chi connectivity index (χ0n) is 6.00. The first-order valence-corrected chi connectivity index (χ1v) is 3.43. The summed E-state index contributed by atoms with van der Waals surface area (Å²) in [6, 6.07) is 0. The molecule has 0 fully saturated rings. The summed E-state index contributed by atoms with van der Waals surface area (Å²) in [5, 5.41) is 0.464. The Hall–Kier alpha value is -1.14. The Balaban J connectivity index is 3.05. The van der Waals surface area contributed by atoms with Crippen LogP contribution in [0.15, 0.2) is 6.20 Å². The molecule has 0 bridgehead atoms. The lowest BCUT2D eigenvalue weighted by Crippen LogP contribution is -1.93. The van der Waals surface area contributed by atoms with Crippen molar-refractivity contribution in [2.24, 2.45) is 0 Å². The Kier molecular flexibility index (Phi) is 2.40. The van der Waals surface area contributed by atoms with E-state index in [-0.39, 0.29) is 6.54 Å². The van der Waals surface area contributed by atoms with Gasteiger partial charge in [0.1, 0.15) is 11.5 Å². The maximum atomic E-state index is 6.61. The van der Waals surface area contributed by atoms with E-state index in [1.807, 2.05) is 0 Å². The molecule has 0 saturated carbocycles. The van der Waals surface area contributed by atoms with E-state index in [0.717, 1.165) is 0 Å². The van der Waals surface area contributed by atoms with Crippen LogP contribution in [0.1, 0.15) is 11.5 Å². The van der Waals surface area contributed by atoms with Crippen molar-refractivity contribution in [3.8, 4) is 0 Å². The second-order valence-corrected chi connectivity index (χ2v) is 2.44. The molecule has 0 amide bonds. The van der Waals surface area contributed by atoms with Crippen LogP contribution in [0.5, 0.6) is 0 Å². The monoisotopic (exact) mass is 167 g/mol. The average molecular weight is 168 g/mol. The molecule has 1 rings (SSSR count). The molecule has 0 atom stereocenters. The van der Waals surface area contributed by atoms with Crippen LogP contribution < -0.4 is 0 Å². The van der Waals surface area contributed by atoms with Crippen molar-refractivity contribution in [1.82, 2.24) is 9.97 Å². The van der Waals surface area contributed by atoms with Gasteiger partial charge < -0.3 is 4.85 Å². The third kappa shape index (κ3) is 1.89. The van der Waals surface area contributed by atoms with Gasteiger partial charge in [-0.15, -0.1) is 0 Å². The van der Waals surface area contributed by atoms with Crippen molar-refractivity contribution in [2.45, 2.75) is 13.5 Å². The van der Waals surface area contributed by atoms with E-state index in [1.54, 1.807) is 6.92 Å². The van der Waals surface area contributed by atoms with Gasteiger partial charge in [0.15, 0.2) is 0 Å². The Bertz CT molecular complexity index is 303. The van der Waals surface area contributed by atoms with Crippen LogP contribution in [0, 0.1) is 13.5 Å². The molecular weight excluding hydrogens is 162 g/mol. The first kappa shape index (κ1) is 7.96. The van der Waals surface area contributed by atoms with Gasteiger partial charge in [0.2, 0.25) is 0 Å². The minimum absolute atomic E-state index is 0.224. The molecular formula is C7H6ClN3. The minimum atomic E-state index is 0.224. The van der Waals surface area contributed by atoms with Crippen molar-refractivity contribution in [3.05, 3.63) is 34.2 Å². The summed E-state index contributed by atoms with van der Waals surface area (Å²) in [4.78, 5) is 11.1. The van der Waals surface area contributed by atoms with Crippen LogP contribution in [0.2, 0.25) is 5.02 Å². The summed E-state index contributed by atoms with van der Waals surface area (Å²) in [5.74, 6) is 0.646. The van der Waals surface area contributed by atoms with Crippen LogP contribution >= 0.6 is 11.6 Å². The van der Waals surface area contributed by atoms with Crippen molar-refractivity contribution in [1.29, 1.82) is 0 Å². The number of rotatable bonds is 1. The molecule has 1 aromatic heterocycles. The lowest BCUT2D eigenvalue weighted by atomic mass is 10.4. The normalized spacial score (nSPS) is 9.18. The summed E-state index contributed by atoms with van der Waals surface area (Å²) in [7, 11) is 0. The van der Waals surface area contributed by atoms with Gasteiger partial charge in [0.05, 0.1) is 5.02 Å². The van der Waals surface area contributed by atoms with Crippen LogP contribution in [-0.2, 0) is 6.54 Å². The molecule has 4 heteroatoms. The molecule has 1 heterocycles. The standard InChI is InChI=1S/C7H6ClN3/c1-5-10-3-6(8)7(11-5)4-9-2/h3H,4H2,1H3. The SMILES string of the molecule is [C-]#[N+]Cc1nc(C)ncc1Cl. The number of hydrogen-bond donors (Lipinski definition) is 0. The molecule has 0 saturated heterocycles. The second-order valence-electron chi connectivity index (χ2n) is 2.03. The van der Waals surface area contributed by atoms with Crippen molar-refractivity contribution >= 4 is 11.6 Å². The summed E-state index contributed by atoms with van der Waals surface area (Å²) < 4.78 is 0. The molecule has 0 unspecified atom stereocenters. The Morgan fingerprint density at radius 1 is 1.73 bits per heavy atom. The predicted molar refractivity (Wildman–Crippen MR) is 42.1 cm³/mol. The van der Waals surface area contributed by atoms with Gasteiger partial charge in [0.25, 0.3) is 6.54 Å². The fraction of sp³-hybridized carbons (Fsp3) is 0.286. The molecule has 0 aliphatic rings. The number of aryl methyl sites for hydroxylation is 1.